The number of nitrogens with one attached hydrogen (secondary N) is 1. The average molecular weight is 386 g/mol. The number of anilines is 1. The maximum absolute atomic E-state index is 12.8. The van der Waals surface area contributed by atoms with Crippen LogP contribution in [0.2, 0.25) is 5.02 Å². The molecular formula is C16H13ClFNO5S. The van der Waals surface area contributed by atoms with Gasteiger partial charge in [-0.05, 0) is 42.5 Å². The van der Waals surface area contributed by atoms with Crippen LogP contribution in [0.15, 0.2) is 47.4 Å². The Morgan fingerprint density at radius 3 is 2.40 bits per heavy atom. The zero-order valence-electron chi connectivity index (χ0n) is 13.0. The van der Waals surface area contributed by atoms with Crippen LogP contribution in [-0.4, -0.2) is 33.2 Å². The molecule has 0 aliphatic carbocycles. The number of hydrogen-bond acceptors (Lipinski definition) is 5. The molecule has 0 saturated heterocycles. The molecule has 6 nitrogen and oxygen atoms in total. The zero-order valence-corrected chi connectivity index (χ0v) is 14.5. The van der Waals surface area contributed by atoms with E-state index in [1.165, 1.54) is 24.3 Å². The van der Waals surface area contributed by atoms with Crippen molar-refractivity contribution in [3.05, 3.63) is 58.9 Å². The molecule has 0 unspecified atom stereocenters. The average Bonchev–Trinajstić information content (AvgIpc) is 2.54. The van der Waals surface area contributed by atoms with Crippen LogP contribution in [0, 0.1) is 5.82 Å². The molecule has 0 bridgehead atoms. The lowest BCUT2D eigenvalue weighted by Gasteiger charge is -2.08. The summed E-state index contributed by atoms with van der Waals surface area (Å²) in [6.07, 6.45) is 0.988. The Bertz CT molecular complexity index is 913. The lowest BCUT2D eigenvalue weighted by atomic mass is 10.2. The van der Waals surface area contributed by atoms with Gasteiger partial charge in [-0.3, -0.25) is 4.79 Å². The third kappa shape index (κ3) is 5.27. The van der Waals surface area contributed by atoms with Crippen LogP contribution in [-0.2, 0) is 19.4 Å². The predicted octanol–water partition coefficient (Wildman–Crippen LogP) is 2.68. The third-order valence-corrected chi connectivity index (χ3v) is 4.49. The highest BCUT2D eigenvalue weighted by atomic mass is 35.5. The molecule has 0 atom stereocenters. The fourth-order valence-corrected chi connectivity index (χ4v) is 2.67. The molecule has 0 aromatic heterocycles. The van der Waals surface area contributed by atoms with Crippen LogP contribution < -0.4 is 5.32 Å². The lowest BCUT2D eigenvalue weighted by molar-refractivity contribution is -0.119. The van der Waals surface area contributed by atoms with Gasteiger partial charge in [0.15, 0.2) is 16.4 Å². The van der Waals surface area contributed by atoms with Crippen molar-refractivity contribution in [1.82, 2.24) is 0 Å². The van der Waals surface area contributed by atoms with E-state index in [1.807, 2.05) is 0 Å². The minimum Gasteiger partial charge on any atom is -0.452 e. The van der Waals surface area contributed by atoms with Gasteiger partial charge in [0.2, 0.25) is 0 Å². The highest BCUT2D eigenvalue weighted by Crippen LogP contribution is 2.21. The van der Waals surface area contributed by atoms with Gasteiger partial charge in [-0.15, -0.1) is 0 Å². The van der Waals surface area contributed by atoms with Crippen LogP contribution in [0.4, 0.5) is 10.1 Å². The molecule has 1 amide bonds. The van der Waals surface area contributed by atoms with Crippen LogP contribution in [0.25, 0.3) is 0 Å². The third-order valence-electron chi connectivity index (χ3n) is 3.05. The predicted molar refractivity (Wildman–Crippen MR) is 89.9 cm³/mol. The Morgan fingerprint density at radius 1 is 1.16 bits per heavy atom. The van der Waals surface area contributed by atoms with Crippen LogP contribution in [0.3, 0.4) is 0 Å². The lowest BCUT2D eigenvalue weighted by Crippen LogP contribution is -2.21. The van der Waals surface area contributed by atoms with Gasteiger partial charge in [-0.25, -0.2) is 17.6 Å². The summed E-state index contributed by atoms with van der Waals surface area (Å²) in [5, 5.41) is 2.41. The molecule has 1 N–H and O–H groups in total. The van der Waals surface area contributed by atoms with Crippen molar-refractivity contribution in [1.29, 1.82) is 0 Å². The molecule has 2 aromatic rings. The Hall–Kier alpha value is -2.45. The smallest absolute Gasteiger partial charge is 0.340 e. The van der Waals surface area contributed by atoms with E-state index < -0.39 is 34.1 Å². The summed E-state index contributed by atoms with van der Waals surface area (Å²) in [4.78, 5) is 23.7. The standard InChI is InChI=1S/C16H13ClFNO5S/c1-25(22,23)12-6-7-14(17)13(8-12)16(21)24-9-15(20)19-11-4-2-10(18)3-5-11/h2-8H,9H2,1H3,(H,19,20). The Labute approximate surface area is 148 Å². The normalized spacial score (nSPS) is 11.0. The maximum Gasteiger partial charge on any atom is 0.340 e. The molecule has 0 aliphatic rings. The molecule has 0 fully saturated rings. The van der Waals surface area contributed by atoms with E-state index in [0.717, 1.165) is 24.5 Å². The van der Waals surface area contributed by atoms with Crippen molar-refractivity contribution >= 4 is 39.0 Å². The molecular weight excluding hydrogens is 373 g/mol. The summed E-state index contributed by atoms with van der Waals surface area (Å²) in [5.74, 6) is -2.04. The highest BCUT2D eigenvalue weighted by molar-refractivity contribution is 7.90. The Morgan fingerprint density at radius 2 is 1.80 bits per heavy atom. The number of amides is 1. The van der Waals surface area contributed by atoms with E-state index in [0.29, 0.717) is 5.69 Å². The number of sulfone groups is 1. The fraction of sp³-hybridized carbons (Fsp3) is 0.125. The second-order valence-corrected chi connectivity index (χ2v) is 7.47. The van der Waals surface area contributed by atoms with Crippen LogP contribution in [0.1, 0.15) is 10.4 Å². The number of esters is 1. The quantitative estimate of drug-likeness (QED) is 0.799. The van der Waals surface area contributed by atoms with Gasteiger partial charge in [0.1, 0.15) is 5.82 Å². The molecule has 25 heavy (non-hydrogen) atoms. The van der Waals surface area contributed by atoms with E-state index in [4.69, 9.17) is 16.3 Å². The second kappa shape index (κ2) is 7.62. The van der Waals surface area contributed by atoms with Gasteiger partial charge in [0.05, 0.1) is 15.5 Å². The van der Waals surface area contributed by atoms with Crippen molar-refractivity contribution in [2.75, 3.05) is 18.2 Å². The first kappa shape index (κ1) is 18.9. The second-order valence-electron chi connectivity index (χ2n) is 5.05. The minimum absolute atomic E-state index is 0.00339. The van der Waals surface area contributed by atoms with E-state index in [1.54, 1.807) is 0 Å². The summed E-state index contributed by atoms with van der Waals surface area (Å²) in [7, 11) is -3.53. The van der Waals surface area contributed by atoms with E-state index in [-0.39, 0.29) is 15.5 Å². The molecule has 132 valence electrons. The number of ether oxygens (including phenoxy) is 1. The number of carbonyl (C=O) groups excluding carboxylic acids is 2. The van der Waals surface area contributed by atoms with E-state index in [9.17, 15) is 22.4 Å². The van der Waals surface area contributed by atoms with Crippen LogP contribution >= 0.6 is 11.6 Å². The van der Waals surface area contributed by atoms with Gasteiger partial charge in [-0.1, -0.05) is 11.6 Å². The van der Waals surface area contributed by atoms with Crippen molar-refractivity contribution < 1.29 is 27.1 Å². The van der Waals surface area contributed by atoms with Gasteiger partial charge in [0, 0.05) is 11.9 Å². The number of rotatable bonds is 5. The molecule has 0 radical (unpaired) electrons. The summed E-state index contributed by atoms with van der Waals surface area (Å²) < 4.78 is 40.7. The summed E-state index contributed by atoms with van der Waals surface area (Å²) in [6, 6.07) is 8.62. The largest absolute Gasteiger partial charge is 0.452 e. The minimum atomic E-state index is -3.53. The highest BCUT2D eigenvalue weighted by Gasteiger charge is 2.17. The van der Waals surface area contributed by atoms with Crippen molar-refractivity contribution in [2.45, 2.75) is 4.90 Å². The molecule has 0 heterocycles. The van der Waals surface area contributed by atoms with Crippen molar-refractivity contribution in [2.24, 2.45) is 0 Å². The van der Waals surface area contributed by atoms with Gasteiger partial charge in [-0.2, -0.15) is 0 Å². The molecule has 9 heteroatoms. The fourth-order valence-electron chi connectivity index (χ4n) is 1.83. The van der Waals surface area contributed by atoms with Gasteiger partial charge >= 0.3 is 5.97 Å². The topological polar surface area (TPSA) is 89.5 Å². The summed E-state index contributed by atoms with van der Waals surface area (Å²) in [6.45, 7) is -0.615. The van der Waals surface area contributed by atoms with Crippen molar-refractivity contribution in [3.63, 3.8) is 0 Å². The first-order chi connectivity index (χ1) is 11.7. The Balaban J connectivity index is 2.02. The van der Waals surface area contributed by atoms with Gasteiger partial charge in [0.25, 0.3) is 5.91 Å². The Kier molecular flexibility index (Phi) is 5.76. The zero-order chi connectivity index (χ0) is 18.6. The first-order valence-corrected chi connectivity index (χ1v) is 9.16. The molecule has 0 spiro atoms. The summed E-state index contributed by atoms with van der Waals surface area (Å²) in [5.41, 5.74) is 0.165. The number of benzene rings is 2. The number of halogens is 2. The molecule has 2 aromatic carbocycles. The maximum atomic E-state index is 12.8. The molecule has 0 saturated carbocycles. The monoisotopic (exact) mass is 385 g/mol. The van der Waals surface area contributed by atoms with E-state index >= 15 is 0 Å². The molecule has 2 rings (SSSR count). The number of hydrogen-bond donors (Lipinski definition) is 1. The SMILES string of the molecule is CS(=O)(=O)c1ccc(Cl)c(C(=O)OCC(=O)Nc2ccc(F)cc2)c1. The number of carbonyl (C=O) groups is 2. The summed E-state index contributed by atoms with van der Waals surface area (Å²) >= 11 is 5.87. The van der Waals surface area contributed by atoms with Gasteiger partial charge < -0.3 is 10.1 Å². The first-order valence-electron chi connectivity index (χ1n) is 6.89. The van der Waals surface area contributed by atoms with Crippen LogP contribution in [0.5, 0.6) is 0 Å². The van der Waals surface area contributed by atoms with E-state index in [2.05, 4.69) is 5.32 Å². The molecule has 0 aliphatic heterocycles. The van der Waals surface area contributed by atoms with Crippen molar-refractivity contribution in [3.8, 4) is 0 Å².